The Morgan fingerprint density at radius 3 is 2.61 bits per heavy atom. The highest BCUT2D eigenvalue weighted by atomic mass is 32.2. The molecule has 0 atom stereocenters. The molecule has 0 saturated carbocycles. The van der Waals surface area contributed by atoms with Gasteiger partial charge in [-0.15, -0.1) is 11.3 Å². The Kier molecular flexibility index (Phi) is 8.00. The normalized spacial score (nSPS) is 12.4. The van der Waals surface area contributed by atoms with Gasteiger partial charge in [0, 0.05) is 37.1 Å². The molecule has 1 aromatic carbocycles. The Morgan fingerprint density at radius 2 is 2.04 bits per heavy atom. The lowest BCUT2D eigenvalue weighted by molar-refractivity contribution is 0.601. The number of benzene rings is 1. The van der Waals surface area contributed by atoms with Crippen LogP contribution >= 0.6 is 11.3 Å². The first-order valence-electron chi connectivity index (χ1n) is 9.46. The molecule has 0 aliphatic carbocycles. The van der Waals surface area contributed by atoms with Crippen molar-refractivity contribution in [1.82, 2.24) is 15.6 Å². The summed E-state index contributed by atoms with van der Waals surface area (Å²) in [6.07, 6.45) is 2.07. The summed E-state index contributed by atoms with van der Waals surface area (Å²) in [7, 11) is -3.20. The largest absolute Gasteiger partial charge is 0.357 e. The van der Waals surface area contributed by atoms with Crippen molar-refractivity contribution in [2.24, 2.45) is 4.99 Å². The van der Waals surface area contributed by atoms with Gasteiger partial charge >= 0.3 is 0 Å². The second kappa shape index (κ2) is 10.0. The molecule has 154 valence electrons. The average molecular weight is 423 g/mol. The Labute approximate surface area is 172 Å². The standard InChI is InChI=1S/C20H30N4O2S2/c1-6-21-20(22-10-9-17-13-27-19(24-17)14(2)3)23-12-16-7-8-18(15(4)11-16)28(5,25)26/h7-8,11,13-14H,6,9-10,12H2,1-5H3,(H2,21,22,23). The van der Waals surface area contributed by atoms with Gasteiger partial charge in [-0.3, -0.25) is 0 Å². The lowest BCUT2D eigenvalue weighted by atomic mass is 10.1. The van der Waals surface area contributed by atoms with Gasteiger partial charge in [-0.25, -0.2) is 18.4 Å². The molecule has 0 fully saturated rings. The molecule has 0 saturated heterocycles. The van der Waals surface area contributed by atoms with E-state index in [0.29, 0.717) is 17.4 Å². The van der Waals surface area contributed by atoms with Gasteiger partial charge in [-0.2, -0.15) is 0 Å². The van der Waals surface area contributed by atoms with Crippen LogP contribution in [0.25, 0.3) is 0 Å². The van der Waals surface area contributed by atoms with Crippen molar-refractivity contribution in [3.8, 4) is 0 Å². The zero-order valence-corrected chi connectivity index (χ0v) is 18.9. The SMILES string of the molecule is CCNC(=NCc1ccc(S(C)(=O)=O)c(C)c1)NCCc1csc(C(C)C)n1. The number of hydrogen-bond acceptors (Lipinski definition) is 5. The van der Waals surface area contributed by atoms with Gasteiger partial charge in [0.05, 0.1) is 22.1 Å². The summed E-state index contributed by atoms with van der Waals surface area (Å²) >= 11 is 1.71. The third-order valence-electron chi connectivity index (χ3n) is 4.14. The summed E-state index contributed by atoms with van der Waals surface area (Å²) in [4.78, 5) is 9.63. The van der Waals surface area contributed by atoms with E-state index in [0.717, 1.165) is 42.3 Å². The Hall–Kier alpha value is -1.93. The number of thiazole rings is 1. The Morgan fingerprint density at radius 1 is 1.29 bits per heavy atom. The Balaban J connectivity index is 1.97. The molecular weight excluding hydrogens is 392 g/mol. The van der Waals surface area contributed by atoms with E-state index in [1.54, 1.807) is 17.4 Å². The van der Waals surface area contributed by atoms with Crippen molar-refractivity contribution < 1.29 is 8.42 Å². The molecule has 0 unspecified atom stereocenters. The molecule has 28 heavy (non-hydrogen) atoms. The quantitative estimate of drug-likeness (QED) is 0.504. The molecular formula is C20H30N4O2S2. The van der Waals surface area contributed by atoms with Gasteiger partial charge in [-0.1, -0.05) is 26.0 Å². The molecule has 1 heterocycles. The molecule has 0 bridgehead atoms. The van der Waals surface area contributed by atoms with Crippen molar-refractivity contribution >= 4 is 27.1 Å². The van der Waals surface area contributed by atoms with Gasteiger partial charge in [0.1, 0.15) is 0 Å². The molecule has 2 aromatic rings. The van der Waals surface area contributed by atoms with Gasteiger partial charge in [0.2, 0.25) is 0 Å². The molecule has 0 radical (unpaired) electrons. The lowest BCUT2D eigenvalue weighted by Crippen LogP contribution is -2.38. The predicted octanol–water partition coefficient (Wildman–Crippen LogP) is 3.28. The van der Waals surface area contributed by atoms with Gasteiger partial charge in [0.25, 0.3) is 0 Å². The van der Waals surface area contributed by atoms with E-state index in [-0.39, 0.29) is 0 Å². The second-order valence-corrected chi connectivity index (χ2v) is 9.95. The third-order valence-corrected chi connectivity index (χ3v) is 6.59. The van der Waals surface area contributed by atoms with Crippen molar-refractivity contribution in [3.63, 3.8) is 0 Å². The number of aromatic nitrogens is 1. The minimum Gasteiger partial charge on any atom is -0.357 e. The summed E-state index contributed by atoms with van der Waals surface area (Å²) in [5.74, 6) is 1.20. The number of aryl methyl sites for hydroxylation is 1. The predicted molar refractivity (Wildman–Crippen MR) is 117 cm³/mol. The molecule has 0 aliphatic rings. The van der Waals surface area contributed by atoms with Crippen LogP contribution in [0.1, 0.15) is 48.5 Å². The number of aliphatic imine (C=N–C) groups is 1. The lowest BCUT2D eigenvalue weighted by Gasteiger charge is -2.11. The molecule has 0 aliphatic heterocycles. The number of hydrogen-bond donors (Lipinski definition) is 2. The zero-order chi connectivity index (χ0) is 20.7. The van der Waals surface area contributed by atoms with E-state index in [1.165, 1.54) is 11.3 Å². The average Bonchev–Trinajstić information content (AvgIpc) is 3.08. The van der Waals surface area contributed by atoms with Gasteiger partial charge in [-0.05, 0) is 31.0 Å². The minimum atomic E-state index is -3.20. The van der Waals surface area contributed by atoms with Gasteiger partial charge in [0.15, 0.2) is 15.8 Å². The first-order valence-corrected chi connectivity index (χ1v) is 12.2. The van der Waals surface area contributed by atoms with Crippen LogP contribution < -0.4 is 10.6 Å². The van der Waals surface area contributed by atoms with Crippen molar-refractivity contribution in [2.45, 2.75) is 51.5 Å². The van der Waals surface area contributed by atoms with Crippen LogP contribution in [0.3, 0.4) is 0 Å². The number of sulfone groups is 1. The fourth-order valence-corrected chi connectivity index (χ4v) is 4.58. The van der Waals surface area contributed by atoms with E-state index in [1.807, 2.05) is 26.0 Å². The summed E-state index contributed by atoms with van der Waals surface area (Å²) in [6, 6.07) is 5.36. The first-order chi connectivity index (χ1) is 13.2. The van der Waals surface area contributed by atoms with Crippen LogP contribution in [0, 0.1) is 6.92 Å². The zero-order valence-electron chi connectivity index (χ0n) is 17.2. The molecule has 1 aromatic heterocycles. The van der Waals surface area contributed by atoms with Crippen LogP contribution in [-0.4, -0.2) is 38.7 Å². The van der Waals surface area contributed by atoms with Crippen LogP contribution in [0.2, 0.25) is 0 Å². The van der Waals surface area contributed by atoms with Crippen molar-refractivity contribution in [1.29, 1.82) is 0 Å². The van der Waals surface area contributed by atoms with Crippen LogP contribution in [0.4, 0.5) is 0 Å². The topological polar surface area (TPSA) is 83.5 Å². The molecule has 2 rings (SSSR count). The molecule has 2 N–H and O–H groups in total. The number of nitrogens with zero attached hydrogens (tertiary/aromatic N) is 2. The van der Waals surface area contributed by atoms with E-state index >= 15 is 0 Å². The number of rotatable bonds is 8. The maximum absolute atomic E-state index is 11.7. The number of nitrogens with one attached hydrogen (secondary N) is 2. The third kappa shape index (κ3) is 6.60. The minimum absolute atomic E-state index is 0.370. The smallest absolute Gasteiger partial charge is 0.191 e. The van der Waals surface area contributed by atoms with Crippen LogP contribution in [0.5, 0.6) is 0 Å². The summed E-state index contributed by atoms with van der Waals surface area (Å²) in [5, 5.41) is 9.86. The monoisotopic (exact) mass is 422 g/mol. The highest BCUT2D eigenvalue weighted by molar-refractivity contribution is 7.90. The van der Waals surface area contributed by atoms with Gasteiger partial charge < -0.3 is 10.6 Å². The molecule has 0 amide bonds. The summed E-state index contributed by atoms with van der Waals surface area (Å²) in [5.41, 5.74) is 2.82. The molecule has 6 nitrogen and oxygen atoms in total. The van der Waals surface area contributed by atoms with E-state index < -0.39 is 9.84 Å². The molecule has 8 heteroatoms. The highest BCUT2D eigenvalue weighted by Gasteiger charge is 2.11. The molecule has 0 spiro atoms. The Bertz CT molecular complexity index is 918. The van der Waals surface area contributed by atoms with Crippen molar-refractivity contribution in [2.75, 3.05) is 19.3 Å². The summed E-state index contributed by atoms with van der Waals surface area (Å²) in [6.45, 7) is 10.1. The van der Waals surface area contributed by atoms with Crippen LogP contribution in [-0.2, 0) is 22.8 Å². The van der Waals surface area contributed by atoms with E-state index in [9.17, 15) is 8.42 Å². The van der Waals surface area contributed by atoms with Crippen LogP contribution in [0.15, 0.2) is 33.5 Å². The van der Waals surface area contributed by atoms with E-state index in [4.69, 9.17) is 0 Å². The first kappa shape index (κ1) is 22.4. The second-order valence-electron chi connectivity index (χ2n) is 7.08. The summed E-state index contributed by atoms with van der Waals surface area (Å²) < 4.78 is 23.5. The maximum atomic E-state index is 11.7. The fraction of sp³-hybridized carbons (Fsp3) is 0.500. The maximum Gasteiger partial charge on any atom is 0.191 e. The number of guanidine groups is 1. The fourth-order valence-electron chi connectivity index (χ4n) is 2.75. The van der Waals surface area contributed by atoms with E-state index in [2.05, 4.69) is 39.8 Å². The highest BCUT2D eigenvalue weighted by Crippen LogP contribution is 2.19. The van der Waals surface area contributed by atoms with Crippen molar-refractivity contribution in [3.05, 3.63) is 45.4 Å².